The monoisotopic (exact) mass is 316 g/mol. The van der Waals surface area contributed by atoms with Crippen LogP contribution < -0.4 is 4.74 Å². The number of carbonyl (C=O) groups is 1. The number of ether oxygens (including phenoxy) is 2. The summed E-state index contributed by atoms with van der Waals surface area (Å²) in [4.78, 5) is 18.0. The van der Waals surface area contributed by atoms with Gasteiger partial charge in [-0.1, -0.05) is 12.1 Å². The lowest BCUT2D eigenvalue weighted by molar-refractivity contribution is 0.0594. The summed E-state index contributed by atoms with van der Waals surface area (Å²) in [6.45, 7) is 1.54. The number of methoxy groups -OCH3 is 2. The van der Waals surface area contributed by atoms with Gasteiger partial charge < -0.3 is 13.9 Å². The van der Waals surface area contributed by atoms with E-state index in [-0.39, 0.29) is 5.69 Å². The average molecular weight is 316 g/mol. The smallest absolute Gasteiger partial charge is 0.360 e. The van der Waals surface area contributed by atoms with Crippen molar-refractivity contribution in [2.75, 3.05) is 20.8 Å². The van der Waals surface area contributed by atoms with Gasteiger partial charge in [0.2, 0.25) is 5.89 Å². The van der Waals surface area contributed by atoms with Gasteiger partial charge in [0.25, 0.3) is 0 Å². The van der Waals surface area contributed by atoms with Crippen molar-refractivity contribution >= 4 is 5.97 Å². The van der Waals surface area contributed by atoms with Crippen molar-refractivity contribution in [2.24, 2.45) is 0 Å². The fourth-order valence-corrected chi connectivity index (χ4v) is 3.00. The van der Waals surface area contributed by atoms with Crippen LogP contribution in [0.5, 0.6) is 5.75 Å². The fourth-order valence-electron chi connectivity index (χ4n) is 3.00. The number of carbonyl (C=O) groups excluding carboxylic acids is 1. The molecule has 0 unspecified atom stereocenters. The van der Waals surface area contributed by atoms with Gasteiger partial charge >= 0.3 is 5.97 Å². The predicted molar refractivity (Wildman–Crippen MR) is 83.2 cm³/mol. The van der Waals surface area contributed by atoms with Crippen molar-refractivity contribution in [3.05, 3.63) is 47.7 Å². The summed E-state index contributed by atoms with van der Waals surface area (Å²) >= 11 is 0. The number of hydrogen-bond donors (Lipinski definition) is 0. The van der Waals surface area contributed by atoms with E-state index in [0.717, 1.165) is 25.1 Å². The molecule has 1 atom stereocenters. The standard InChI is InChI=1S/C17H20N2O4/c1-21-13-6-3-5-12(9-13)15-7-4-8-19(15)10-16-18-14(11-23-16)17(20)22-2/h3,5-6,9,11,15H,4,7-8,10H2,1-2H3/t15-/m1/s1. The van der Waals surface area contributed by atoms with Crippen LogP contribution in [0.2, 0.25) is 0 Å². The molecule has 3 rings (SSSR count). The largest absolute Gasteiger partial charge is 0.497 e. The second-order valence-electron chi connectivity index (χ2n) is 5.52. The van der Waals surface area contributed by atoms with E-state index in [1.54, 1.807) is 7.11 Å². The Labute approximate surface area is 135 Å². The maximum Gasteiger partial charge on any atom is 0.360 e. The van der Waals surface area contributed by atoms with E-state index >= 15 is 0 Å². The van der Waals surface area contributed by atoms with Gasteiger partial charge in [0, 0.05) is 6.04 Å². The molecular weight excluding hydrogens is 296 g/mol. The van der Waals surface area contributed by atoms with Crippen molar-refractivity contribution in [3.8, 4) is 5.75 Å². The summed E-state index contributed by atoms with van der Waals surface area (Å²) in [6.07, 6.45) is 3.54. The van der Waals surface area contributed by atoms with Crippen LogP contribution in [0, 0.1) is 0 Å². The number of hydrogen-bond acceptors (Lipinski definition) is 6. The molecule has 1 aliphatic heterocycles. The summed E-state index contributed by atoms with van der Waals surface area (Å²) in [6, 6.07) is 8.43. The Bertz CT molecular complexity index is 683. The molecule has 0 bridgehead atoms. The van der Waals surface area contributed by atoms with Gasteiger partial charge in [-0.25, -0.2) is 9.78 Å². The molecule has 0 aliphatic carbocycles. The SMILES string of the molecule is COC(=O)c1coc(CN2CCC[C@@H]2c2cccc(OC)c2)n1. The lowest BCUT2D eigenvalue weighted by atomic mass is 10.0. The van der Waals surface area contributed by atoms with E-state index in [1.807, 2.05) is 12.1 Å². The third-order valence-corrected chi connectivity index (χ3v) is 4.13. The first-order chi connectivity index (χ1) is 11.2. The highest BCUT2D eigenvalue weighted by atomic mass is 16.5. The zero-order valence-electron chi connectivity index (χ0n) is 13.3. The number of esters is 1. The molecule has 0 N–H and O–H groups in total. The number of oxazole rings is 1. The molecule has 0 saturated carbocycles. The first-order valence-electron chi connectivity index (χ1n) is 7.62. The summed E-state index contributed by atoms with van der Waals surface area (Å²) in [5.41, 5.74) is 1.43. The van der Waals surface area contributed by atoms with Crippen LogP contribution in [0.25, 0.3) is 0 Å². The third kappa shape index (κ3) is 3.37. The van der Waals surface area contributed by atoms with Gasteiger partial charge in [-0.15, -0.1) is 0 Å². The maximum absolute atomic E-state index is 11.4. The molecule has 1 aromatic carbocycles. The molecule has 1 aromatic heterocycles. The van der Waals surface area contributed by atoms with Gasteiger partial charge in [-0.3, -0.25) is 4.90 Å². The van der Waals surface area contributed by atoms with Gasteiger partial charge in [0.1, 0.15) is 12.0 Å². The zero-order valence-corrected chi connectivity index (χ0v) is 13.3. The first-order valence-corrected chi connectivity index (χ1v) is 7.62. The Balaban J connectivity index is 1.74. The molecule has 0 amide bonds. The van der Waals surface area contributed by atoms with Gasteiger partial charge in [0.05, 0.1) is 20.8 Å². The number of nitrogens with zero attached hydrogens (tertiary/aromatic N) is 2. The first kappa shape index (κ1) is 15.6. The summed E-state index contributed by atoms with van der Waals surface area (Å²) < 4.78 is 15.4. The Morgan fingerprint density at radius 2 is 2.30 bits per heavy atom. The van der Waals surface area contributed by atoms with Crippen molar-refractivity contribution in [3.63, 3.8) is 0 Å². The maximum atomic E-state index is 11.4. The van der Waals surface area contributed by atoms with E-state index in [9.17, 15) is 4.79 Å². The van der Waals surface area contributed by atoms with E-state index in [2.05, 4.69) is 26.8 Å². The molecule has 2 heterocycles. The fraction of sp³-hybridized carbons (Fsp3) is 0.412. The average Bonchev–Trinajstić information content (AvgIpc) is 3.24. The Kier molecular flexibility index (Phi) is 4.62. The van der Waals surface area contributed by atoms with E-state index in [4.69, 9.17) is 9.15 Å². The highest BCUT2D eigenvalue weighted by molar-refractivity contribution is 5.86. The second-order valence-corrected chi connectivity index (χ2v) is 5.52. The van der Waals surface area contributed by atoms with Gasteiger partial charge in [-0.05, 0) is 37.1 Å². The molecular formula is C17H20N2O4. The Morgan fingerprint density at radius 3 is 3.09 bits per heavy atom. The molecule has 6 heteroatoms. The second kappa shape index (κ2) is 6.83. The minimum absolute atomic E-state index is 0.208. The Hall–Kier alpha value is -2.34. The quantitative estimate of drug-likeness (QED) is 0.790. The summed E-state index contributed by atoms with van der Waals surface area (Å²) in [5.74, 6) is 0.907. The van der Waals surface area contributed by atoms with Crippen molar-refractivity contribution in [1.82, 2.24) is 9.88 Å². The van der Waals surface area contributed by atoms with Crippen LogP contribution in [0.3, 0.4) is 0 Å². The molecule has 6 nitrogen and oxygen atoms in total. The Morgan fingerprint density at radius 1 is 1.43 bits per heavy atom. The molecule has 0 radical (unpaired) electrons. The predicted octanol–water partition coefficient (Wildman–Crippen LogP) is 2.81. The van der Waals surface area contributed by atoms with Gasteiger partial charge in [-0.2, -0.15) is 0 Å². The van der Waals surface area contributed by atoms with Crippen LogP contribution in [0.4, 0.5) is 0 Å². The zero-order chi connectivity index (χ0) is 16.2. The van der Waals surface area contributed by atoms with Crippen LogP contribution in [0.15, 0.2) is 34.9 Å². The van der Waals surface area contributed by atoms with E-state index in [1.165, 1.54) is 18.9 Å². The van der Waals surface area contributed by atoms with E-state index in [0.29, 0.717) is 18.5 Å². The molecule has 1 saturated heterocycles. The number of aromatic nitrogens is 1. The lowest BCUT2D eigenvalue weighted by Crippen LogP contribution is -2.23. The lowest BCUT2D eigenvalue weighted by Gasteiger charge is -2.23. The number of likely N-dealkylation sites (tertiary alicyclic amines) is 1. The summed E-state index contributed by atoms with van der Waals surface area (Å²) in [7, 11) is 3.00. The molecule has 1 fully saturated rings. The third-order valence-electron chi connectivity index (χ3n) is 4.13. The van der Waals surface area contributed by atoms with Crippen molar-refractivity contribution in [1.29, 1.82) is 0 Å². The van der Waals surface area contributed by atoms with Crippen LogP contribution in [-0.4, -0.2) is 36.6 Å². The highest BCUT2D eigenvalue weighted by Crippen LogP contribution is 2.34. The van der Waals surface area contributed by atoms with Crippen LogP contribution in [0.1, 0.15) is 40.8 Å². The van der Waals surface area contributed by atoms with Crippen molar-refractivity contribution in [2.45, 2.75) is 25.4 Å². The molecule has 1 aliphatic rings. The van der Waals surface area contributed by atoms with E-state index < -0.39 is 5.97 Å². The number of rotatable bonds is 5. The molecule has 2 aromatic rings. The molecule has 0 spiro atoms. The van der Waals surface area contributed by atoms with Crippen molar-refractivity contribution < 1.29 is 18.7 Å². The van der Waals surface area contributed by atoms with Crippen LogP contribution >= 0.6 is 0 Å². The molecule has 23 heavy (non-hydrogen) atoms. The molecule has 122 valence electrons. The number of benzene rings is 1. The minimum Gasteiger partial charge on any atom is -0.497 e. The summed E-state index contributed by atoms with van der Waals surface area (Å²) in [5, 5.41) is 0. The van der Waals surface area contributed by atoms with Gasteiger partial charge in [0.15, 0.2) is 5.69 Å². The normalized spacial score (nSPS) is 18.1. The van der Waals surface area contributed by atoms with Crippen LogP contribution in [-0.2, 0) is 11.3 Å². The highest BCUT2D eigenvalue weighted by Gasteiger charge is 2.27. The topological polar surface area (TPSA) is 64.8 Å². The minimum atomic E-state index is -0.481.